The van der Waals surface area contributed by atoms with Gasteiger partial charge in [0.2, 0.25) is 0 Å². The Hall–Kier alpha value is -2.34. The van der Waals surface area contributed by atoms with Gasteiger partial charge in [0.15, 0.2) is 0 Å². The van der Waals surface area contributed by atoms with Crippen molar-refractivity contribution in [2.75, 3.05) is 20.1 Å². The van der Waals surface area contributed by atoms with Crippen LogP contribution in [0.4, 0.5) is 4.39 Å². The fraction of sp³-hybridized carbons (Fsp3) is 0.421. The Morgan fingerprint density at radius 3 is 2.92 bits per heavy atom. The maximum absolute atomic E-state index is 13.7. The van der Waals surface area contributed by atoms with Crippen LogP contribution in [0.15, 0.2) is 30.3 Å². The molecule has 1 saturated heterocycles. The van der Waals surface area contributed by atoms with Crippen LogP contribution in [-0.2, 0) is 6.54 Å². The summed E-state index contributed by atoms with van der Waals surface area (Å²) in [5, 5.41) is 2.74. The summed E-state index contributed by atoms with van der Waals surface area (Å²) in [6, 6.07) is 8.09. The van der Waals surface area contributed by atoms with Gasteiger partial charge in [-0.15, -0.1) is 0 Å². The third-order valence-corrected chi connectivity index (χ3v) is 4.49. The van der Waals surface area contributed by atoms with E-state index in [1.54, 1.807) is 24.3 Å². The van der Waals surface area contributed by atoms with Gasteiger partial charge in [-0.1, -0.05) is 18.2 Å². The molecule has 2 heterocycles. The lowest BCUT2D eigenvalue weighted by Crippen LogP contribution is -2.32. The minimum Gasteiger partial charge on any atom is -0.347 e. The Labute approximate surface area is 147 Å². The molecule has 1 aromatic carbocycles. The van der Waals surface area contributed by atoms with Crippen LogP contribution < -0.4 is 5.32 Å². The molecule has 1 N–H and O–H groups in total. The Morgan fingerprint density at radius 2 is 2.16 bits per heavy atom. The highest BCUT2D eigenvalue weighted by Crippen LogP contribution is 2.24. The highest BCUT2D eigenvalue weighted by Gasteiger charge is 2.23. The first-order valence-corrected chi connectivity index (χ1v) is 8.58. The van der Waals surface area contributed by atoms with E-state index in [1.165, 1.54) is 6.07 Å². The van der Waals surface area contributed by atoms with E-state index in [2.05, 4.69) is 27.2 Å². The zero-order valence-corrected chi connectivity index (χ0v) is 14.6. The minimum absolute atomic E-state index is 0.135. The molecule has 6 heteroatoms. The second kappa shape index (κ2) is 7.70. The molecule has 132 valence electrons. The number of piperidine rings is 1. The van der Waals surface area contributed by atoms with E-state index in [4.69, 9.17) is 0 Å². The zero-order chi connectivity index (χ0) is 17.8. The predicted octanol–water partition coefficient (Wildman–Crippen LogP) is 2.66. The summed E-state index contributed by atoms with van der Waals surface area (Å²) >= 11 is 0. The number of likely N-dealkylation sites (tertiary alicyclic amines) is 1. The van der Waals surface area contributed by atoms with Crippen molar-refractivity contribution in [2.45, 2.75) is 32.2 Å². The third kappa shape index (κ3) is 4.39. The van der Waals surface area contributed by atoms with Crippen molar-refractivity contribution in [3.8, 4) is 0 Å². The van der Waals surface area contributed by atoms with Crippen LogP contribution in [0.5, 0.6) is 0 Å². The lowest BCUT2D eigenvalue weighted by Gasteiger charge is -2.28. The number of halogens is 1. The summed E-state index contributed by atoms with van der Waals surface area (Å²) in [7, 11) is 2.09. The van der Waals surface area contributed by atoms with Crippen molar-refractivity contribution < 1.29 is 9.18 Å². The summed E-state index contributed by atoms with van der Waals surface area (Å²) < 4.78 is 13.7. The molecule has 0 aliphatic carbocycles. The van der Waals surface area contributed by atoms with Crippen LogP contribution in [0.2, 0.25) is 0 Å². The number of likely N-dealkylation sites (N-methyl/N-ethyl adjacent to an activating group) is 1. The van der Waals surface area contributed by atoms with Gasteiger partial charge in [-0.05, 0) is 45.5 Å². The van der Waals surface area contributed by atoms with Crippen molar-refractivity contribution >= 4 is 5.91 Å². The molecule has 1 aliphatic heterocycles. The van der Waals surface area contributed by atoms with Gasteiger partial charge in [0.1, 0.15) is 17.3 Å². The molecule has 0 saturated carbocycles. The van der Waals surface area contributed by atoms with E-state index >= 15 is 0 Å². The van der Waals surface area contributed by atoms with E-state index in [-0.39, 0.29) is 24.2 Å². The Kier molecular flexibility index (Phi) is 5.38. The summed E-state index contributed by atoms with van der Waals surface area (Å²) in [5.74, 6) is 0.339. The molecule has 25 heavy (non-hydrogen) atoms. The molecule has 1 aromatic heterocycles. The summed E-state index contributed by atoms with van der Waals surface area (Å²) in [6.07, 6.45) is 2.14. The van der Waals surface area contributed by atoms with Crippen molar-refractivity contribution in [3.05, 3.63) is 58.9 Å². The predicted molar refractivity (Wildman–Crippen MR) is 93.8 cm³/mol. The highest BCUT2D eigenvalue weighted by molar-refractivity contribution is 5.92. The van der Waals surface area contributed by atoms with Crippen LogP contribution in [0, 0.1) is 12.7 Å². The van der Waals surface area contributed by atoms with Gasteiger partial charge in [-0.3, -0.25) is 4.79 Å². The largest absolute Gasteiger partial charge is 0.347 e. The van der Waals surface area contributed by atoms with Crippen molar-refractivity contribution in [2.24, 2.45) is 0 Å². The molecule has 0 bridgehead atoms. The maximum Gasteiger partial charge on any atom is 0.270 e. The van der Waals surface area contributed by atoms with Crippen LogP contribution in [0.1, 0.15) is 46.3 Å². The van der Waals surface area contributed by atoms with Gasteiger partial charge in [-0.2, -0.15) is 0 Å². The molecule has 0 radical (unpaired) electrons. The van der Waals surface area contributed by atoms with Crippen molar-refractivity contribution in [3.63, 3.8) is 0 Å². The van der Waals surface area contributed by atoms with Crippen molar-refractivity contribution in [1.29, 1.82) is 0 Å². The molecular weight excluding hydrogens is 319 g/mol. The van der Waals surface area contributed by atoms with Gasteiger partial charge in [-0.25, -0.2) is 14.4 Å². The standard InChI is InChI=1S/C19H23FN4O/c1-13-10-17(19(25)21-11-14-6-3-4-8-16(14)20)23-18(22-13)15-7-5-9-24(2)12-15/h3-4,6,8,10,15H,5,7,9,11-12H2,1-2H3,(H,21,25)/t15-/m1/s1. The average Bonchev–Trinajstić information content (AvgIpc) is 2.60. The fourth-order valence-corrected chi connectivity index (χ4v) is 3.18. The minimum atomic E-state index is -0.326. The molecule has 1 amide bonds. The number of aromatic nitrogens is 2. The number of aryl methyl sites for hydroxylation is 1. The molecule has 1 fully saturated rings. The number of nitrogens with one attached hydrogen (secondary N) is 1. The first-order chi connectivity index (χ1) is 12.0. The van der Waals surface area contributed by atoms with Crippen LogP contribution in [-0.4, -0.2) is 40.9 Å². The van der Waals surface area contributed by atoms with E-state index in [9.17, 15) is 9.18 Å². The smallest absolute Gasteiger partial charge is 0.270 e. The zero-order valence-electron chi connectivity index (χ0n) is 14.6. The molecule has 5 nitrogen and oxygen atoms in total. The lowest BCUT2D eigenvalue weighted by atomic mass is 9.97. The molecule has 2 aromatic rings. The second-order valence-electron chi connectivity index (χ2n) is 6.63. The van der Waals surface area contributed by atoms with Crippen LogP contribution >= 0.6 is 0 Å². The molecule has 1 aliphatic rings. The van der Waals surface area contributed by atoms with Gasteiger partial charge in [0, 0.05) is 30.3 Å². The molecule has 0 unspecified atom stereocenters. The van der Waals surface area contributed by atoms with Crippen LogP contribution in [0.3, 0.4) is 0 Å². The average molecular weight is 342 g/mol. The number of amides is 1. The van der Waals surface area contributed by atoms with Gasteiger partial charge >= 0.3 is 0 Å². The molecular formula is C19H23FN4O. The Bertz CT molecular complexity index is 765. The Morgan fingerprint density at radius 1 is 1.36 bits per heavy atom. The van der Waals surface area contributed by atoms with Gasteiger partial charge < -0.3 is 10.2 Å². The number of hydrogen-bond acceptors (Lipinski definition) is 4. The van der Waals surface area contributed by atoms with E-state index in [0.29, 0.717) is 11.3 Å². The number of rotatable bonds is 4. The van der Waals surface area contributed by atoms with Gasteiger partial charge in [0.25, 0.3) is 5.91 Å². The fourth-order valence-electron chi connectivity index (χ4n) is 3.18. The second-order valence-corrected chi connectivity index (χ2v) is 6.63. The molecule has 0 spiro atoms. The summed E-state index contributed by atoms with van der Waals surface area (Å²) in [6.45, 7) is 3.99. The third-order valence-electron chi connectivity index (χ3n) is 4.49. The summed E-state index contributed by atoms with van der Waals surface area (Å²) in [4.78, 5) is 23.7. The van der Waals surface area contributed by atoms with Crippen molar-refractivity contribution in [1.82, 2.24) is 20.2 Å². The normalized spacial score (nSPS) is 18.1. The quantitative estimate of drug-likeness (QED) is 0.928. The first-order valence-electron chi connectivity index (χ1n) is 8.58. The maximum atomic E-state index is 13.7. The summed E-state index contributed by atoms with van der Waals surface area (Å²) in [5.41, 5.74) is 1.57. The number of carbonyl (C=O) groups is 1. The van der Waals surface area contributed by atoms with Crippen LogP contribution in [0.25, 0.3) is 0 Å². The molecule has 3 rings (SSSR count). The topological polar surface area (TPSA) is 58.1 Å². The van der Waals surface area contributed by atoms with Gasteiger partial charge in [0.05, 0.1) is 0 Å². The monoisotopic (exact) mass is 342 g/mol. The first kappa shape index (κ1) is 17.5. The number of hydrogen-bond donors (Lipinski definition) is 1. The SMILES string of the molecule is Cc1cc(C(=O)NCc2ccccc2F)nc([C@@H]2CCCN(C)C2)n1. The Balaban J connectivity index is 1.73. The van der Waals surface area contributed by atoms with E-state index < -0.39 is 0 Å². The number of carbonyl (C=O) groups excluding carboxylic acids is 1. The van der Waals surface area contributed by atoms with E-state index in [1.807, 2.05) is 6.92 Å². The molecule has 1 atom stereocenters. The lowest BCUT2D eigenvalue weighted by molar-refractivity contribution is 0.0944. The van der Waals surface area contributed by atoms with E-state index in [0.717, 1.165) is 37.4 Å². The highest BCUT2D eigenvalue weighted by atomic mass is 19.1. The number of nitrogens with zero attached hydrogens (tertiary/aromatic N) is 3. The number of benzene rings is 1.